The number of carbonyl (C=O) groups is 2. The first-order valence-electron chi connectivity index (χ1n) is 12.3. The van der Waals surface area contributed by atoms with Gasteiger partial charge >= 0.3 is 5.97 Å². The third-order valence-corrected chi connectivity index (χ3v) is 7.66. The van der Waals surface area contributed by atoms with Crippen LogP contribution in [0.5, 0.6) is 0 Å². The molecule has 188 valence electrons. The number of thiazole rings is 1. The summed E-state index contributed by atoms with van der Waals surface area (Å²) in [5, 5.41) is 14.1. The Morgan fingerprint density at radius 1 is 1.11 bits per heavy atom. The first-order chi connectivity index (χ1) is 17.6. The molecule has 36 heavy (non-hydrogen) atoms. The number of carbonyl (C=O) groups excluding carboxylic acids is 1. The second-order valence-corrected chi connectivity index (χ2v) is 10.1. The molecule has 2 N–H and O–H groups in total. The molecule has 1 amide bonds. The number of anilines is 1. The number of carboxylic acids is 1. The quantitative estimate of drug-likeness (QED) is 0.341. The van der Waals surface area contributed by atoms with Gasteiger partial charge in [-0.1, -0.05) is 42.5 Å². The van der Waals surface area contributed by atoms with Crippen molar-refractivity contribution in [1.82, 2.24) is 9.97 Å². The molecule has 3 aromatic rings. The highest BCUT2D eigenvalue weighted by molar-refractivity contribution is 7.13. The maximum atomic E-state index is 12.8. The second-order valence-electron chi connectivity index (χ2n) is 9.27. The Hall–Kier alpha value is -3.30. The fourth-order valence-electron chi connectivity index (χ4n) is 5.10. The van der Waals surface area contributed by atoms with E-state index in [0.29, 0.717) is 17.4 Å². The summed E-state index contributed by atoms with van der Waals surface area (Å²) in [6.07, 6.45) is 10.6. The topological polar surface area (TPSA) is 115 Å². The third-order valence-electron chi connectivity index (χ3n) is 6.85. The lowest BCUT2D eigenvalue weighted by Gasteiger charge is -2.24. The Balaban J connectivity index is 1.18. The number of aliphatic carboxylic acids is 1. The molecule has 2 saturated heterocycles. The van der Waals surface area contributed by atoms with Crippen molar-refractivity contribution in [3.63, 3.8) is 0 Å². The van der Waals surface area contributed by atoms with E-state index in [-0.39, 0.29) is 42.1 Å². The maximum Gasteiger partial charge on any atom is 0.303 e. The molecule has 0 unspecified atom stereocenters. The molecule has 2 bridgehead atoms. The van der Waals surface area contributed by atoms with Crippen molar-refractivity contribution in [2.24, 2.45) is 5.92 Å². The molecule has 0 spiro atoms. The van der Waals surface area contributed by atoms with E-state index in [2.05, 4.69) is 27.4 Å². The van der Waals surface area contributed by atoms with Crippen molar-refractivity contribution in [2.75, 3.05) is 5.32 Å². The molecule has 5 rings (SSSR count). The Morgan fingerprint density at radius 3 is 2.78 bits per heavy atom. The molecule has 4 heterocycles. The number of oxazole rings is 1. The SMILES string of the molecule is O=C(O)CC/C=C\C[C@@H]1[C@H](c2nc(C(=O)Nc3nc(CCc4ccccc4)cs3)co2)[C@H]2CC[C@@H]1O2. The first-order valence-corrected chi connectivity index (χ1v) is 13.2. The van der Waals surface area contributed by atoms with Gasteiger partial charge in [0.25, 0.3) is 5.91 Å². The van der Waals surface area contributed by atoms with Crippen LogP contribution in [0.2, 0.25) is 0 Å². The molecular formula is C27H29N3O5S. The fraction of sp³-hybridized carbons (Fsp3) is 0.407. The number of fused-ring (bicyclic) bond motifs is 2. The predicted octanol–water partition coefficient (Wildman–Crippen LogP) is 5.24. The van der Waals surface area contributed by atoms with Crippen LogP contribution in [0, 0.1) is 5.92 Å². The van der Waals surface area contributed by atoms with E-state index >= 15 is 0 Å². The average molecular weight is 508 g/mol. The molecule has 0 saturated carbocycles. The van der Waals surface area contributed by atoms with E-state index in [1.807, 2.05) is 35.7 Å². The average Bonchev–Trinajstić information content (AvgIpc) is 3.67. The Labute approximate surface area is 213 Å². The van der Waals surface area contributed by atoms with Crippen molar-refractivity contribution >= 4 is 28.3 Å². The minimum Gasteiger partial charge on any atom is -0.481 e. The van der Waals surface area contributed by atoms with E-state index in [9.17, 15) is 9.59 Å². The van der Waals surface area contributed by atoms with E-state index in [4.69, 9.17) is 14.3 Å². The summed E-state index contributed by atoms with van der Waals surface area (Å²) in [4.78, 5) is 32.6. The molecule has 2 aliphatic heterocycles. The number of amides is 1. The van der Waals surface area contributed by atoms with Gasteiger partial charge in [0.05, 0.1) is 23.8 Å². The van der Waals surface area contributed by atoms with E-state index in [0.717, 1.165) is 37.8 Å². The van der Waals surface area contributed by atoms with Crippen LogP contribution < -0.4 is 5.32 Å². The Kier molecular flexibility index (Phi) is 7.58. The lowest BCUT2D eigenvalue weighted by atomic mass is 9.77. The van der Waals surface area contributed by atoms with Gasteiger partial charge in [0.2, 0.25) is 5.89 Å². The summed E-state index contributed by atoms with van der Waals surface area (Å²) < 4.78 is 11.9. The zero-order valence-corrected chi connectivity index (χ0v) is 20.7. The molecule has 4 atom stereocenters. The molecule has 0 aliphatic carbocycles. The molecule has 8 nitrogen and oxygen atoms in total. The Bertz CT molecular complexity index is 1220. The van der Waals surface area contributed by atoms with Gasteiger partial charge < -0.3 is 14.3 Å². The van der Waals surface area contributed by atoms with Gasteiger partial charge in [0, 0.05) is 17.7 Å². The number of aryl methyl sites for hydroxylation is 2. The van der Waals surface area contributed by atoms with E-state index in [1.54, 1.807) is 0 Å². The van der Waals surface area contributed by atoms with Gasteiger partial charge in [0.1, 0.15) is 6.26 Å². The minimum atomic E-state index is -0.799. The second kappa shape index (κ2) is 11.2. The van der Waals surface area contributed by atoms with Gasteiger partial charge in [-0.05, 0) is 44.1 Å². The first kappa shape index (κ1) is 24.4. The van der Waals surface area contributed by atoms with E-state index in [1.165, 1.54) is 23.2 Å². The number of aromatic nitrogens is 2. The standard InChI is InChI=1S/C27H29N3O5S/c31-23(32)10-6-2-5-9-19-21-13-14-22(35-21)24(19)26-29-20(15-34-26)25(33)30-27-28-18(16-36-27)12-11-17-7-3-1-4-8-17/h1-5,7-8,15-16,19,21-22,24H,6,9-14H2,(H,31,32)(H,28,30,33)/b5-2-/t19-,21-,22+,24-/m0/s1. The van der Waals surface area contributed by atoms with Gasteiger partial charge in [0.15, 0.2) is 10.8 Å². The van der Waals surface area contributed by atoms with Crippen LogP contribution in [0.3, 0.4) is 0 Å². The normalized spacial score (nSPS) is 22.9. The van der Waals surface area contributed by atoms with Crippen LogP contribution in [0.4, 0.5) is 5.13 Å². The van der Waals surface area contributed by atoms with Gasteiger partial charge in [-0.2, -0.15) is 0 Å². The number of hydrogen-bond acceptors (Lipinski definition) is 7. The highest BCUT2D eigenvalue weighted by Crippen LogP contribution is 2.50. The number of nitrogens with zero attached hydrogens (tertiary/aromatic N) is 2. The molecule has 0 radical (unpaired) electrons. The van der Waals surface area contributed by atoms with Gasteiger partial charge in [-0.15, -0.1) is 11.3 Å². The smallest absolute Gasteiger partial charge is 0.303 e. The van der Waals surface area contributed by atoms with Crippen molar-refractivity contribution in [3.05, 3.63) is 77.0 Å². The summed E-state index contributed by atoms with van der Waals surface area (Å²) in [6.45, 7) is 0. The highest BCUT2D eigenvalue weighted by Gasteiger charge is 2.51. The number of carboxylic acid groups (broad SMARTS) is 1. The van der Waals surface area contributed by atoms with Gasteiger partial charge in [-0.3, -0.25) is 14.9 Å². The van der Waals surface area contributed by atoms with Crippen molar-refractivity contribution in [3.8, 4) is 0 Å². The van der Waals surface area contributed by atoms with Crippen LogP contribution in [0.15, 0.2) is 58.5 Å². The van der Waals surface area contributed by atoms with Crippen LogP contribution in [-0.4, -0.2) is 39.2 Å². The number of allylic oxidation sites excluding steroid dienone is 2. The highest BCUT2D eigenvalue weighted by atomic mass is 32.1. The molecule has 2 fully saturated rings. The monoisotopic (exact) mass is 507 g/mol. The Morgan fingerprint density at radius 2 is 1.94 bits per heavy atom. The summed E-state index contributed by atoms with van der Waals surface area (Å²) in [6, 6.07) is 10.2. The zero-order valence-electron chi connectivity index (χ0n) is 19.8. The van der Waals surface area contributed by atoms with Crippen molar-refractivity contribution < 1.29 is 23.8 Å². The number of nitrogens with one attached hydrogen (secondary N) is 1. The van der Waals surface area contributed by atoms with E-state index < -0.39 is 5.97 Å². The van der Waals surface area contributed by atoms with Crippen molar-refractivity contribution in [2.45, 2.75) is 63.1 Å². The van der Waals surface area contributed by atoms with Crippen LogP contribution >= 0.6 is 11.3 Å². The summed E-state index contributed by atoms with van der Waals surface area (Å²) in [5.41, 5.74) is 2.42. The molecular weight excluding hydrogens is 478 g/mol. The zero-order chi connectivity index (χ0) is 24.9. The fourth-order valence-corrected chi connectivity index (χ4v) is 5.84. The third kappa shape index (κ3) is 5.74. The number of ether oxygens (including phenoxy) is 1. The van der Waals surface area contributed by atoms with Crippen LogP contribution in [-0.2, 0) is 22.4 Å². The maximum absolute atomic E-state index is 12.8. The predicted molar refractivity (Wildman–Crippen MR) is 135 cm³/mol. The lowest BCUT2D eigenvalue weighted by Crippen LogP contribution is -2.25. The minimum absolute atomic E-state index is 0.0149. The van der Waals surface area contributed by atoms with Crippen LogP contribution in [0.25, 0.3) is 0 Å². The van der Waals surface area contributed by atoms with Crippen LogP contribution in [0.1, 0.15) is 65.7 Å². The lowest BCUT2D eigenvalue weighted by molar-refractivity contribution is -0.136. The number of benzene rings is 1. The summed E-state index contributed by atoms with van der Waals surface area (Å²) >= 11 is 1.40. The van der Waals surface area contributed by atoms with Gasteiger partial charge in [-0.25, -0.2) is 9.97 Å². The summed E-state index contributed by atoms with van der Waals surface area (Å²) in [7, 11) is 0. The number of hydrogen-bond donors (Lipinski definition) is 2. The molecule has 1 aromatic carbocycles. The molecule has 2 aromatic heterocycles. The largest absolute Gasteiger partial charge is 0.481 e. The number of rotatable bonds is 11. The molecule has 2 aliphatic rings. The molecule has 9 heteroatoms. The van der Waals surface area contributed by atoms with Crippen molar-refractivity contribution in [1.29, 1.82) is 0 Å². The summed E-state index contributed by atoms with van der Waals surface area (Å²) in [5.74, 6) is -0.431.